The minimum Gasteiger partial charge on any atom is -0.481 e. The minimum absolute atomic E-state index is 0.0736. The molecule has 2 atom stereocenters. The summed E-state index contributed by atoms with van der Waals surface area (Å²) in [7, 11) is 0. The van der Waals surface area contributed by atoms with E-state index in [0.29, 0.717) is 11.8 Å². The van der Waals surface area contributed by atoms with E-state index in [1.165, 1.54) is 16.5 Å². The first-order chi connectivity index (χ1) is 12.5. The molecule has 146 valence electrons. The van der Waals surface area contributed by atoms with Crippen molar-refractivity contribution in [2.75, 3.05) is 6.61 Å². The maximum Gasteiger partial charge on any atom is 0.344 e. The zero-order valence-corrected chi connectivity index (χ0v) is 17.7. The molecule has 3 heteroatoms. The van der Waals surface area contributed by atoms with E-state index >= 15 is 0 Å². The molecule has 0 aromatic heterocycles. The Labute approximate surface area is 163 Å². The van der Waals surface area contributed by atoms with Crippen LogP contribution >= 0.6 is 0 Å². The van der Waals surface area contributed by atoms with Crippen LogP contribution < -0.4 is 4.74 Å². The van der Waals surface area contributed by atoms with Crippen LogP contribution in [-0.2, 0) is 9.53 Å². The Balaban J connectivity index is 1.97. The number of rotatable bonds is 4. The minimum atomic E-state index is -0.503. The van der Waals surface area contributed by atoms with Crippen molar-refractivity contribution >= 4 is 16.7 Å². The van der Waals surface area contributed by atoms with Crippen molar-refractivity contribution in [3.05, 3.63) is 41.5 Å². The first-order valence-electron chi connectivity index (χ1n) is 9.93. The van der Waals surface area contributed by atoms with Crippen LogP contribution in [0.15, 0.2) is 30.3 Å². The molecule has 3 nitrogen and oxygen atoms in total. The number of esters is 1. The van der Waals surface area contributed by atoms with E-state index in [-0.39, 0.29) is 18.0 Å². The van der Waals surface area contributed by atoms with Gasteiger partial charge in [0.15, 0.2) is 6.61 Å². The van der Waals surface area contributed by atoms with Crippen molar-refractivity contribution in [2.24, 2.45) is 5.41 Å². The summed E-state index contributed by atoms with van der Waals surface area (Å²) >= 11 is 0. The second-order valence-electron chi connectivity index (χ2n) is 9.66. The van der Waals surface area contributed by atoms with Gasteiger partial charge in [-0.1, -0.05) is 52.0 Å². The van der Waals surface area contributed by atoms with Crippen LogP contribution in [0.4, 0.5) is 0 Å². The fourth-order valence-corrected chi connectivity index (χ4v) is 4.56. The van der Waals surface area contributed by atoms with E-state index in [1.54, 1.807) is 0 Å². The highest BCUT2D eigenvalue weighted by Crippen LogP contribution is 2.56. The highest BCUT2D eigenvalue weighted by molar-refractivity contribution is 5.96. The van der Waals surface area contributed by atoms with Gasteiger partial charge in [0.05, 0.1) is 0 Å². The zero-order valence-electron chi connectivity index (χ0n) is 17.7. The average Bonchev–Trinajstić information content (AvgIpc) is 2.88. The molecule has 27 heavy (non-hydrogen) atoms. The van der Waals surface area contributed by atoms with Crippen molar-refractivity contribution in [3.8, 4) is 5.75 Å². The molecule has 0 fully saturated rings. The fourth-order valence-electron chi connectivity index (χ4n) is 4.56. The van der Waals surface area contributed by atoms with Crippen LogP contribution in [0.5, 0.6) is 5.75 Å². The Hall–Kier alpha value is -2.03. The molecule has 2 aromatic rings. The summed E-state index contributed by atoms with van der Waals surface area (Å²) in [6.07, 6.45) is 1.11. The number of ether oxygens (including phenoxy) is 2. The number of carbonyl (C=O) groups is 1. The molecule has 0 bridgehead atoms. The maximum absolute atomic E-state index is 12.0. The number of carbonyl (C=O) groups excluding carboxylic acids is 1. The van der Waals surface area contributed by atoms with Crippen LogP contribution in [0.3, 0.4) is 0 Å². The van der Waals surface area contributed by atoms with Gasteiger partial charge < -0.3 is 9.47 Å². The molecule has 0 heterocycles. The van der Waals surface area contributed by atoms with Crippen LogP contribution in [0.1, 0.15) is 77.8 Å². The standard InChI is InChI=1S/C24H32O3/c1-8-15-16-10-9-11-17-19(26-14-20(25)27-24(5,6)7)13-12-18(21(16)17)22(15)23(2,3)4/h9-13,15,22H,8,14H2,1-7H3. The molecule has 2 unspecified atom stereocenters. The lowest BCUT2D eigenvalue weighted by atomic mass is 9.71. The number of hydrogen-bond donors (Lipinski definition) is 0. The molecule has 1 aliphatic carbocycles. The van der Waals surface area contributed by atoms with Crippen LogP contribution in [-0.4, -0.2) is 18.2 Å². The van der Waals surface area contributed by atoms with Gasteiger partial charge in [-0.05, 0) is 67.0 Å². The first kappa shape index (κ1) is 19.7. The third kappa shape index (κ3) is 3.83. The average molecular weight is 369 g/mol. The van der Waals surface area contributed by atoms with Gasteiger partial charge in [-0.3, -0.25) is 0 Å². The van der Waals surface area contributed by atoms with Gasteiger partial charge in [-0.25, -0.2) is 4.79 Å². The van der Waals surface area contributed by atoms with E-state index in [1.807, 2.05) is 26.8 Å². The Bertz CT molecular complexity index is 852. The van der Waals surface area contributed by atoms with E-state index in [4.69, 9.17) is 9.47 Å². The van der Waals surface area contributed by atoms with Gasteiger partial charge in [0, 0.05) is 5.39 Å². The van der Waals surface area contributed by atoms with Gasteiger partial charge in [0.25, 0.3) is 0 Å². The van der Waals surface area contributed by atoms with Crippen LogP contribution in [0, 0.1) is 5.41 Å². The fraction of sp³-hybridized carbons (Fsp3) is 0.542. The largest absolute Gasteiger partial charge is 0.481 e. The van der Waals surface area contributed by atoms with Crippen LogP contribution in [0.25, 0.3) is 10.8 Å². The van der Waals surface area contributed by atoms with E-state index in [0.717, 1.165) is 17.6 Å². The van der Waals surface area contributed by atoms with E-state index in [9.17, 15) is 4.79 Å². The van der Waals surface area contributed by atoms with Crippen molar-refractivity contribution in [2.45, 2.75) is 72.3 Å². The second kappa shape index (κ2) is 6.85. The molecule has 0 saturated heterocycles. The predicted molar refractivity (Wildman–Crippen MR) is 111 cm³/mol. The smallest absolute Gasteiger partial charge is 0.344 e. The zero-order chi connectivity index (χ0) is 20.0. The second-order valence-corrected chi connectivity index (χ2v) is 9.66. The summed E-state index contributed by atoms with van der Waals surface area (Å²) in [5.74, 6) is 1.42. The molecule has 2 aromatic carbocycles. The van der Waals surface area contributed by atoms with Gasteiger partial charge in [0.1, 0.15) is 11.4 Å². The summed E-state index contributed by atoms with van der Waals surface area (Å²) in [5.41, 5.74) is 2.50. The molecule has 0 aliphatic heterocycles. The van der Waals surface area contributed by atoms with E-state index < -0.39 is 5.60 Å². The summed E-state index contributed by atoms with van der Waals surface area (Å²) in [5, 5.41) is 2.41. The molecular weight excluding hydrogens is 336 g/mol. The molecule has 1 aliphatic rings. The molecule has 0 saturated carbocycles. The lowest BCUT2D eigenvalue weighted by molar-refractivity contribution is -0.157. The van der Waals surface area contributed by atoms with E-state index in [2.05, 4.69) is 52.0 Å². The maximum atomic E-state index is 12.0. The summed E-state index contributed by atoms with van der Waals surface area (Å²) in [4.78, 5) is 12.0. The molecule has 3 rings (SSSR count). The Morgan fingerprint density at radius 3 is 2.30 bits per heavy atom. The Kier molecular flexibility index (Phi) is 5.00. The molecule has 0 amide bonds. The molecule has 0 radical (unpaired) electrons. The highest BCUT2D eigenvalue weighted by atomic mass is 16.6. The summed E-state index contributed by atoms with van der Waals surface area (Å²) < 4.78 is 11.2. The summed E-state index contributed by atoms with van der Waals surface area (Å²) in [6, 6.07) is 10.7. The lowest BCUT2D eigenvalue weighted by Crippen LogP contribution is -2.27. The van der Waals surface area contributed by atoms with Gasteiger partial charge >= 0.3 is 5.97 Å². The van der Waals surface area contributed by atoms with Crippen molar-refractivity contribution in [1.29, 1.82) is 0 Å². The third-order valence-electron chi connectivity index (χ3n) is 5.34. The Morgan fingerprint density at radius 2 is 1.70 bits per heavy atom. The van der Waals surface area contributed by atoms with Crippen molar-refractivity contribution < 1.29 is 14.3 Å². The van der Waals surface area contributed by atoms with Crippen molar-refractivity contribution in [3.63, 3.8) is 0 Å². The lowest BCUT2D eigenvalue weighted by Gasteiger charge is -2.33. The first-order valence-corrected chi connectivity index (χ1v) is 9.93. The monoisotopic (exact) mass is 368 g/mol. The third-order valence-corrected chi connectivity index (χ3v) is 5.34. The molecule has 0 N–H and O–H groups in total. The number of benzene rings is 2. The normalized spacial score (nSPS) is 19.4. The van der Waals surface area contributed by atoms with Gasteiger partial charge in [0.2, 0.25) is 0 Å². The predicted octanol–water partition coefficient (Wildman–Crippen LogP) is 6.20. The van der Waals surface area contributed by atoms with Gasteiger partial charge in [-0.2, -0.15) is 0 Å². The van der Waals surface area contributed by atoms with Gasteiger partial charge in [-0.15, -0.1) is 0 Å². The SMILES string of the molecule is CCC1c2cccc3c(OCC(=O)OC(C)(C)C)ccc(c23)C1C(C)(C)C. The summed E-state index contributed by atoms with van der Waals surface area (Å²) in [6.45, 7) is 14.8. The van der Waals surface area contributed by atoms with Crippen LogP contribution in [0.2, 0.25) is 0 Å². The Morgan fingerprint density at radius 1 is 1.00 bits per heavy atom. The highest BCUT2D eigenvalue weighted by Gasteiger charge is 2.40. The topological polar surface area (TPSA) is 35.5 Å². The molecule has 0 spiro atoms. The quantitative estimate of drug-likeness (QED) is 0.603. The molecular formula is C24H32O3. The number of hydrogen-bond acceptors (Lipinski definition) is 3. The van der Waals surface area contributed by atoms with Crippen molar-refractivity contribution in [1.82, 2.24) is 0 Å².